The van der Waals surface area contributed by atoms with Crippen molar-refractivity contribution < 1.29 is 14.4 Å². The fourth-order valence-electron chi connectivity index (χ4n) is 3.85. The van der Waals surface area contributed by atoms with E-state index >= 15 is 0 Å². The molecule has 2 N–H and O–H groups in total. The fraction of sp³-hybridized carbons (Fsp3) is 0.160. The second-order valence-corrected chi connectivity index (χ2v) is 7.47. The number of anilines is 1. The van der Waals surface area contributed by atoms with Gasteiger partial charge in [-0.2, -0.15) is 0 Å². The Morgan fingerprint density at radius 3 is 2.29 bits per heavy atom. The van der Waals surface area contributed by atoms with Crippen molar-refractivity contribution >= 4 is 23.5 Å². The zero-order chi connectivity index (χ0) is 21.8. The molecule has 0 aliphatic carbocycles. The first-order chi connectivity index (χ1) is 15.0. The average Bonchev–Trinajstić information content (AvgIpc) is 3.05. The standard InChI is InChI=1S/C25H23N3O3/c1-2-25(20-12-5-3-6-13-20)23(30)28(24(31)27-25)17-18-10-9-11-19(16-18)22(29)26-21-14-7-4-8-15-21/h3-16H,2,17H2,1H3,(H,26,29)(H,27,31). The molecule has 1 saturated heterocycles. The van der Waals surface area contributed by atoms with Crippen LogP contribution in [0.4, 0.5) is 10.5 Å². The van der Waals surface area contributed by atoms with Crippen LogP contribution in [0.5, 0.6) is 0 Å². The second kappa shape index (κ2) is 8.44. The lowest BCUT2D eigenvalue weighted by atomic mass is 9.87. The van der Waals surface area contributed by atoms with Gasteiger partial charge in [-0.15, -0.1) is 0 Å². The maximum Gasteiger partial charge on any atom is 0.325 e. The van der Waals surface area contributed by atoms with Crippen LogP contribution in [0.25, 0.3) is 0 Å². The van der Waals surface area contributed by atoms with E-state index in [-0.39, 0.29) is 18.4 Å². The number of hydrogen-bond acceptors (Lipinski definition) is 3. The van der Waals surface area contributed by atoms with Crippen LogP contribution >= 0.6 is 0 Å². The third kappa shape index (κ3) is 3.92. The number of urea groups is 1. The molecule has 156 valence electrons. The maximum absolute atomic E-state index is 13.3. The molecule has 1 fully saturated rings. The highest BCUT2D eigenvalue weighted by atomic mass is 16.2. The van der Waals surface area contributed by atoms with E-state index in [0.717, 1.165) is 5.56 Å². The van der Waals surface area contributed by atoms with Crippen LogP contribution in [-0.2, 0) is 16.9 Å². The Balaban J connectivity index is 1.54. The highest BCUT2D eigenvalue weighted by Gasteiger charge is 2.51. The number of carbonyl (C=O) groups is 3. The van der Waals surface area contributed by atoms with Crippen molar-refractivity contribution in [2.75, 3.05) is 5.32 Å². The molecular formula is C25H23N3O3. The van der Waals surface area contributed by atoms with Crippen LogP contribution in [0, 0.1) is 0 Å². The van der Waals surface area contributed by atoms with Crippen LogP contribution in [-0.4, -0.2) is 22.7 Å². The second-order valence-electron chi connectivity index (χ2n) is 7.47. The van der Waals surface area contributed by atoms with Gasteiger partial charge in [0, 0.05) is 11.3 Å². The minimum atomic E-state index is -1.07. The number of para-hydroxylation sites is 1. The highest BCUT2D eigenvalue weighted by molar-refractivity contribution is 6.07. The number of imide groups is 1. The SMILES string of the molecule is CCC1(c2ccccc2)NC(=O)N(Cc2cccc(C(=O)Nc3ccccc3)c2)C1=O. The minimum Gasteiger partial charge on any atom is -0.322 e. The molecule has 1 aliphatic rings. The van der Waals surface area contributed by atoms with Crippen molar-refractivity contribution in [2.45, 2.75) is 25.4 Å². The smallest absolute Gasteiger partial charge is 0.322 e. The molecule has 0 radical (unpaired) electrons. The summed E-state index contributed by atoms with van der Waals surface area (Å²) < 4.78 is 0. The van der Waals surface area contributed by atoms with Gasteiger partial charge in [0.15, 0.2) is 0 Å². The van der Waals surface area contributed by atoms with Crippen LogP contribution < -0.4 is 10.6 Å². The van der Waals surface area contributed by atoms with Gasteiger partial charge in [-0.1, -0.05) is 67.6 Å². The maximum atomic E-state index is 13.3. The number of amides is 4. The van der Waals surface area contributed by atoms with E-state index in [2.05, 4.69) is 10.6 Å². The number of hydrogen-bond donors (Lipinski definition) is 2. The van der Waals surface area contributed by atoms with Gasteiger partial charge in [0.05, 0.1) is 6.54 Å². The lowest BCUT2D eigenvalue weighted by Gasteiger charge is -2.25. The van der Waals surface area contributed by atoms with Gasteiger partial charge < -0.3 is 10.6 Å². The van der Waals surface area contributed by atoms with Crippen molar-refractivity contribution in [1.82, 2.24) is 10.2 Å². The lowest BCUT2D eigenvalue weighted by Crippen LogP contribution is -2.43. The summed E-state index contributed by atoms with van der Waals surface area (Å²) in [5.74, 6) is -0.539. The zero-order valence-corrected chi connectivity index (χ0v) is 17.2. The van der Waals surface area contributed by atoms with Crippen molar-refractivity contribution in [3.8, 4) is 0 Å². The topological polar surface area (TPSA) is 78.5 Å². The van der Waals surface area contributed by atoms with E-state index in [1.54, 1.807) is 24.3 Å². The molecule has 1 unspecified atom stereocenters. The average molecular weight is 413 g/mol. The predicted octanol–water partition coefficient (Wildman–Crippen LogP) is 4.30. The number of benzene rings is 3. The molecule has 4 amide bonds. The molecule has 0 spiro atoms. The largest absolute Gasteiger partial charge is 0.325 e. The monoisotopic (exact) mass is 413 g/mol. The first-order valence-corrected chi connectivity index (χ1v) is 10.2. The summed E-state index contributed by atoms with van der Waals surface area (Å²) in [6, 6.07) is 25.0. The predicted molar refractivity (Wildman–Crippen MR) is 118 cm³/mol. The van der Waals surface area contributed by atoms with Gasteiger partial charge in [-0.3, -0.25) is 14.5 Å². The molecule has 1 atom stereocenters. The van der Waals surface area contributed by atoms with Crippen LogP contribution in [0.2, 0.25) is 0 Å². The Bertz CT molecular complexity index is 1120. The lowest BCUT2D eigenvalue weighted by molar-refractivity contribution is -0.132. The molecule has 3 aromatic rings. The summed E-state index contributed by atoms with van der Waals surface area (Å²) in [6.07, 6.45) is 0.442. The van der Waals surface area contributed by atoms with Crippen molar-refractivity contribution in [3.63, 3.8) is 0 Å². The molecule has 6 nitrogen and oxygen atoms in total. The normalized spacial score (nSPS) is 18.0. The van der Waals surface area contributed by atoms with Crippen molar-refractivity contribution in [3.05, 3.63) is 102 Å². The molecule has 1 aliphatic heterocycles. The number of nitrogens with one attached hydrogen (secondary N) is 2. The van der Waals surface area contributed by atoms with Crippen LogP contribution in [0.15, 0.2) is 84.9 Å². The van der Waals surface area contributed by atoms with Gasteiger partial charge in [-0.25, -0.2) is 4.79 Å². The van der Waals surface area contributed by atoms with Gasteiger partial charge in [0.25, 0.3) is 11.8 Å². The summed E-state index contributed by atoms with van der Waals surface area (Å²) in [7, 11) is 0. The molecule has 3 aromatic carbocycles. The molecule has 6 heteroatoms. The van der Waals surface area contributed by atoms with E-state index < -0.39 is 11.6 Å². The quantitative estimate of drug-likeness (QED) is 0.592. The molecule has 1 heterocycles. The fourth-order valence-corrected chi connectivity index (χ4v) is 3.85. The van der Waals surface area contributed by atoms with Crippen LogP contribution in [0.1, 0.15) is 34.8 Å². The third-order valence-corrected chi connectivity index (χ3v) is 5.53. The Hall–Kier alpha value is -3.93. The van der Waals surface area contributed by atoms with Crippen molar-refractivity contribution in [1.29, 1.82) is 0 Å². The zero-order valence-electron chi connectivity index (χ0n) is 17.2. The Morgan fingerprint density at radius 2 is 1.61 bits per heavy atom. The first kappa shape index (κ1) is 20.3. The van der Waals surface area contributed by atoms with E-state index in [9.17, 15) is 14.4 Å². The molecule has 0 bridgehead atoms. The summed E-state index contributed by atoms with van der Waals surface area (Å²) in [5.41, 5.74) is 1.54. The minimum absolute atomic E-state index is 0.0890. The van der Waals surface area contributed by atoms with Gasteiger partial charge >= 0.3 is 6.03 Å². The van der Waals surface area contributed by atoms with E-state index in [4.69, 9.17) is 0 Å². The number of rotatable bonds is 6. The summed E-state index contributed by atoms with van der Waals surface area (Å²) in [5, 5.41) is 5.72. The van der Waals surface area contributed by atoms with Gasteiger partial charge in [0.1, 0.15) is 5.54 Å². The molecule has 4 rings (SSSR count). The molecule has 0 aromatic heterocycles. The van der Waals surface area contributed by atoms with E-state index in [0.29, 0.717) is 23.2 Å². The first-order valence-electron chi connectivity index (χ1n) is 10.2. The third-order valence-electron chi connectivity index (χ3n) is 5.53. The van der Waals surface area contributed by atoms with Crippen molar-refractivity contribution in [2.24, 2.45) is 0 Å². The summed E-state index contributed by atoms with van der Waals surface area (Å²) >= 11 is 0. The Morgan fingerprint density at radius 1 is 0.935 bits per heavy atom. The summed E-state index contributed by atoms with van der Waals surface area (Å²) in [4.78, 5) is 39.8. The number of carbonyl (C=O) groups excluding carboxylic acids is 3. The molecule has 0 saturated carbocycles. The Labute approximate surface area is 180 Å². The van der Waals surface area contributed by atoms with Gasteiger partial charge in [-0.05, 0) is 41.8 Å². The molecular weight excluding hydrogens is 390 g/mol. The summed E-state index contributed by atoms with van der Waals surface area (Å²) in [6.45, 7) is 1.97. The number of nitrogens with zero attached hydrogens (tertiary/aromatic N) is 1. The molecule has 31 heavy (non-hydrogen) atoms. The van der Waals surface area contributed by atoms with Crippen LogP contribution in [0.3, 0.4) is 0 Å². The van der Waals surface area contributed by atoms with E-state index in [1.807, 2.05) is 67.6 Å². The highest BCUT2D eigenvalue weighted by Crippen LogP contribution is 2.33. The van der Waals surface area contributed by atoms with E-state index in [1.165, 1.54) is 4.90 Å². The van der Waals surface area contributed by atoms with Gasteiger partial charge in [0.2, 0.25) is 0 Å². The Kier molecular flexibility index (Phi) is 5.54.